The summed E-state index contributed by atoms with van der Waals surface area (Å²) in [6, 6.07) is 6.38. The topological polar surface area (TPSA) is 55.1 Å². The molecule has 4 heteroatoms. The third-order valence-corrected chi connectivity index (χ3v) is 3.96. The van der Waals surface area contributed by atoms with Crippen molar-refractivity contribution in [3.63, 3.8) is 0 Å². The number of carbonyl (C=O) groups is 1. The Balaban J connectivity index is 2.50. The van der Waals surface area contributed by atoms with E-state index in [0.717, 1.165) is 18.4 Å². The zero-order valence-corrected chi connectivity index (χ0v) is 12.6. The maximum absolute atomic E-state index is 13.1. The van der Waals surface area contributed by atoms with Crippen LogP contribution < -0.4 is 11.1 Å². The van der Waals surface area contributed by atoms with Gasteiger partial charge in [-0.25, -0.2) is 4.39 Å². The second-order valence-corrected chi connectivity index (χ2v) is 5.51. The fourth-order valence-electron chi connectivity index (χ4n) is 2.06. The minimum absolute atomic E-state index is 0.0128. The van der Waals surface area contributed by atoms with E-state index in [1.165, 1.54) is 12.1 Å². The zero-order chi connectivity index (χ0) is 15.2. The minimum Gasteiger partial charge on any atom is -0.354 e. The molecule has 3 nitrogen and oxygen atoms in total. The summed E-state index contributed by atoms with van der Waals surface area (Å²) in [5, 5.41) is 2.88. The normalized spacial score (nSPS) is 13.1. The Morgan fingerprint density at radius 2 is 2.05 bits per heavy atom. The number of hydrogen-bond donors (Lipinski definition) is 2. The first kappa shape index (κ1) is 16.6. The van der Waals surface area contributed by atoms with Gasteiger partial charge < -0.3 is 11.1 Å². The summed E-state index contributed by atoms with van der Waals surface area (Å²) in [6.45, 7) is 6.44. The number of amides is 1. The van der Waals surface area contributed by atoms with E-state index < -0.39 is 0 Å². The summed E-state index contributed by atoms with van der Waals surface area (Å²) >= 11 is 0. The van der Waals surface area contributed by atoms with Crippen LogP contribution in [0.25, 0.3) is 0 Å². The summed E-state index contributed by atoms with van der Waals surface area (Å²) in [7, 11) is 0. The lowest BCUT2D eigenvalue weighted by Gasteiger charge is -2.27. The van der Waals surface area contributed by atoms with E-state index in [1.54, 1.807) is 6.07 Å². The number of halogens is 1. The van der Waals surface area contributed by atoms with Crippen molar-refractivity contribution in [2.24, 2.45) is 5.73 Å². The molecule has 0 aliphatic heterocycles. The van der Waals surface area contributed by atoms with Gasteiger partial charge in [0.2, 0.25) is 5.91 Å². The predicted octanol–water partition coefficient (Wildman–Crippen LogP) is 2.95. The van der Waals surface area contributed by atoms with Crippen molar-refractivity contribution >= 4 is 5.91 Å². The molecule has 0 aliphatic rings. The molecule has 1 rings (SSSR count). The summed E-state index contributed by atoms with van der Waals surface area (Å²) in [4.78, 5) is 11.9. The Bertz CT molecular complexity index is 444. The van der Waals surface area contributed by atoms with Crippen LogP contribution in [0.15, 0.2) is 24.3 Å². The highest BCUT2D eigenvalue weighted by Crippen LogP contribution is 2.19. The Kier molecular flexibility index (Phi) is 6.14. The van der Waals surface area contributed by atoms with Crippen molar-refractivity contribution in [2.75, 3.05) is 6.54 Å². The van der Waals surface area contributed by atoms with Gasteiger partial charge in [-0.2, -0.15) is 0 Å². The fraction of sp³-hybridized carbons (Fsp3) is 0.562. The summed E-state index contributed by atoms with van der Waals surface area (Å²) in [6.07, 6.45) is 1.99. The molecule has 3 N–H and O–H groups in total. The number of benzene rings is 1. The second kappa shape index (κ2) is 7.39. The first-order chi connectivity index (χ1) is 9.40. The van der Waals surface area contributed by atoms with Crippen molar-refractivity contribution in [3.8, 4) is 0 Å². The van der Waals surface area contributed by atoms with Gasteiger partial charge in [-0.1, -0.05) is 32.9 Å². The van der Waals surface area contributed by atoms with Crippen LogP contribution >= 0.6 is 0 Å². The molecule has 1 aromatic carbocycles. The highest BCUT2D eigenvalue weighted by molar-refractivity contribution is 5.76. The van der Waals surface area contributed by atoms with Gasteiger partial charge in [-0.3, -0.25) is 4.79 Å². The SMILES string of the molecule is CCC(N)(CC)CNC(=O)CC(C)c1cccc(F)c1. The highest BCUT2D eigenvalue weighted by Gasteiger charge is 2.21. The molecule has 0 heterocycles. The van der Waals surface area contributed by atoms with E-state index in [9.17, 15) is 9.18 Å². The van der Waals surface area contributed by atoms with Gasteiger partial charge in [0, 0.05) is 18.5 Å². The maximum Gasteiger partial charge on any atom is 0.220 e. The van der Waals surface area contributed by atoms with Gasteiger partial charge in [-0.05, 0) is 36.5 Å². The molecular formula is C16H25FN2O. The molecule has 1 atom stereocenters. The van der Waals surface area contributed by atoms with Gasteiger partial charge in [0.15, 0.2) is 0 Å². The van der Waals surface area contributed by atoms with E-state index in [0.29, 0.717) is 13.0 Å². The molecule has 0 spiro atoms. The number of nitrogens with one attached hydrogen (secondary N) is 1. The average Bonchev–Trinajstić information content (AvgIpc) is 2.44. The fourth-order valence-corrected chi connectivity index (χ4v) is 2.06. The van der Waals surface area contributed by atoms with Gasteiger partial charge in [-0.15, -0.1) is 0 Å². The van der Waals surface area contributed by atoms with E-state index in [1.807, 2.05) is 26.8 Å². The molecule has 1 aromatic rings. The molecular weight excluding hydrogens is 255 g/mol. The number of hydrogen-bond acceptors (Lipinski definition) is 2. The Morgan fingerprint density at radius 1 is 1.40 bits per heavy atom. The second-order valence-electron chi connectivity index (χ2n) is 5.51. The molecule has 20 heavy (non-hydrogen) atoms. The first-order valence-electron chi connectivity index (χ1n) is 7.21. The standard InChI is InChI=1S/C16H25FN2O/c1-4-16(18,5-2)11-19-15(20)9-12(3)13-7-6-8-14(17)10-13/h6-8,10,12H,4-5,9,11,18H2,1-3H3,(H,19,20). The van der Waals surface area contributed by atoms with Gasteiger partial charge in [0.25, 0.3) is 0 Å². The third kappa shape index (κ3) is 4.93. The lowest BCUT2D eigenvalue weighted by molar-refractivity contribution is -0.121. The van der Waals surface area contributed by atoms with Gasteiger partial charge in [0.05, 0.1) is 0 Å². The minimum atomic E-state index is -0.336. The van der Waals surface area contributed by atoms with Gasteiger partial charge in [0.1, 0.15) is 5.82 Å². The van der Waals surface area contributed by atoms with Gasteiger partial charge >= 0.3 is 0 Å². The zero-order valence-electron chi connectivity index (χ0n) is 12.6. The number of nitrogens with two attached hydrogens (primary N) is 1. The third-order valence-electron chi connectivity index (χ3n) is 3.96. The Labute approximate surface area is 120 Å². The Morgan fingerprint density at radius 3 is 2.60 bits per heavy atom. The first-order valence-corrected chi connectivity index (χ1v) is 7.21. The van der Waals surface area contributed by atoms with Crippen molar-refractivity contribution in [3.05, 3.63) is 35.6 Å². The van der Waals surface area contributed by atoms with E-state index in [4.69, 9.17) is 5.73 Å². The van der Waals surface area contributed by atoms with Crippen LogP contribution in [0.1, 0.15) is 51.5 Å². The van der Waals surface area contributed by atoms with Crippen LogP contribution in [0.3, 0.4) is 0 Å². The van der Waals surface area contributed by atoms with Crippen LogP contribution in [-0.2, 0) is 4.79 Å². The molecule has 1 amide bonds. The maximum atomic E-state index is 13.1. The summed E-state index contributed by atoms with van der Waals surface area (Å²) < 4.78 is 13.1. The molecule has 0 saturated heterocycles. The predicted molar refractivity (Wildman–Crippen MR) is 79.9 cm³/mol. The molecule has 0 fully saturated rings. The van der Waals surface area contributed by atoms with Crippen LogP contribution in [0.5, 0.6) is 0 Å². The van der Waals surface area contributed by atoms with E-state index in [2.05, 4.69) is 5.32 Å². The molecule has 0 aromatic heterocycles. The molecule has 0 saturated carbocycles. The molecule has 112 valence electrons. The quantitative estimate of drug-likeness (QED) is 0.807. The Hall–Kier alpha value is -1.42. The van der Waals surface area contributed by atoms with Crippen LogP contribution in [-0.4, -0.2) is 18.0 Å². The smallest absolute Gasteiger partial charge is 0.220 e. The van der Waals surface area contributed by atoms with Crippen molar-refractivity contribution in [1.29, 1.82) is 0 Å². The van der Waals surface area contributed by atoms with Crippen molar-refractivity contribution in [1.82, 2.24) is 5.32 Å². The van der Waals surface area contributed by atoms with Crippen LogP contribution in [0.4, 0.5) is 4.39 Å². The molecule has 0 bridgehead atoms. The van der Waals surface area contributed by atoms with E-state index >= 15 is 0 Å². The molecule has 0 aliphatic carbocycles. The number of carbonyl (C=O) groups excluding carboxylic acids is 1. The lowest BCUT2D eigenvalue weighted by Crippen LogP contribution is -2.49. The number of rotatable bonds is 7. The summed E-state index contributed by atoms with van der Waals surface area (Å²) in [5.41, 5.74) is 6.64. The van der Waals surface area contributed by atoms with Crippen molar-refractivity contribution in [2.45, 2.75) is 51.5 Å². The molecule has 1 unspecified atom stereocenters. The van der Waals surface area contributed by atoms with E-state index in [-0.39, 0.29) is 23.2 Å². The van der Waals surface area contributed by atoms with Crippen molar-refractivity contribution < 1.29 is 9.18 Å². The molecule has 0 radical (unpaired) electrons. The lowest BCUT2D eigenvalue weighted by atomic mass is 9.93. The van der Waals surface area contributed by atoms with Crippen LogP contribution in [0, 0.1) is 5.82 Å². The summed E-state index contributed by atoms with van der Waals surface area (Å²) in [5.74, 6) is -0.327. The highest BCUT2D eigenvalue weighted by atomic mass is 19.1. The monoisotopic (exact) mass is 280 g/mol. The average molecular weight is 280 g/mol. The van der Waals surface area contributed by atoms with Crippen LogP contribution in [0.2, 0.25) is 0 Å². The largest absolute Gasteiger partial charge is 0.354 e.